The van der Waals surface area contributed by atoms with Crippen molar-refractivity contribution in [3.63, 3.8) is 0 Å². The monoisotopic (exact) mass is 379 g/mol. The highest BCUT2D eigenvalue weighted by atomic mass is 35.5. The van der Waals surface area contributed by atoms with Crippen LogP contribution in [-0.4, -0.2) is 43.4 Å². The number of nitrogens with one attached hydrogen (secondary N) is 1. The van der Waals surface area contributed by atoms with Crippen LogP contribution in [0.15, 0.2) is 24.4 Å². The summed E-state index contributed by atoms with van der Waals surface area (Å²) in [6.07, 6.45) is 1.53. The van der Waals surface area contributed by atoms with Gasteiger partial charge in [-0.2, -0.15) is 0 Å². The number of carbonyl (C=O) groups is 1. The van der Waals surface area contributed by atoms with E-state index >= 15 is 0 Å². The van der Waals surface area contributed by atoms with Crippen LogP contribution >= 0.6 is 11.6 Å². The van der Waals surface area contributed by atoms with Crippen molar-refractivity contribution < 1.29 is 23.7 Å². The number of hydrogen-bond acceptors (Lipinski definition) is 8. The average molecular weight is 380 g/mol. The van der Waals surface area contributed by atoms with Crippen LogP contribution in [0.5, 0.6) is 17.5 Å². The Balaban J connectivity index is 2.03. The van der Waals surface area contributed by atoms with Gasteiger partial charge in [0.15, 0.2) is 5.54 Å². The molecule has 0 saturated heterocycles. The van der Waals surface area contributed by atoms with E-state index in [1.54, 1.807) is 18.2 Å². The van der Waals surface area contributed by atoms with E-state index in [1.165, 1.54) is 27.3 Å². The summed E-state index contributed by atoms with van der Waals surface area (Å²) in [5.41, 5.74) is 0.236. The fraction of sp³-hybridized carbons (Fsp3) is 0.353. The number of esters is 1. The first-order valence-corrected chi connectivity index (χ1v) is 8.14. The first kappa shape index (κ1) is 18.1. The number of benzene rings is 1. The molecule has 26 heavy (non-hydrogen) atoms. The Labute approximate surface area is 155 Å². The lowest BCUT2D eigenvalue weighted by molar-refractivity contribution is -0.143. The van der Waals surface area contributed by atoms with E-state index in [2.05, 4.69) is 15.3 Å². The number of halogens is 1. The Morgan fingerprint density at radius 1 is 1.35 bits per heavy atom. The molecule has 8 nitrogen and oxygen atoms in total. The van der Waals surface area contributed by atoms with Crippen LogP contribution < -0.4 is 19.5 Å². The number of hydrogen-bond donors (Lipinski definition) is 1. The molecule has 1 aromatic carbocycles. The largest absolute Gasteiger partial charge is 0.488 e. The lowest BCUT2D eigenvalue weighted by Gasteiger charge is -2.38. The van der Waals surface area contributed by atoms with Crippen LogP contribution in [0.3, 0.4) is 0 Å². The summed E-state index contributed by atoms with van der Waals surface area (Å²) in [5, 5.41) is 3.90. The molecule has 1 N–H and O–H groups in total. The number of ether oxygens (including phenoxy) is 4. The zero-order chi connectivity index (χ0) is 18.7. The fourth-order valence-corrected chi connectivity index (χ4v) is 2.75. The van der Waals surface area contributed by atoms with Crippen molar-refractivity contribution >= 4 is 23.3 Å². The molecule has 1 aliphatic heterocycles. The van der Waals surface area contributed by atoms with Crippen molar-refractivity contribution in [3.05, 3.63) is 35.1 Å². The predicted octanol–water partition coefficient (Wildman–Crippen LogP) is 2.41. The summed E-state index contributed by atoms with van der Waals surface area (Å²) in [6.45, 7) is 1.48. The number of nitrogens with zero attached hydrogens (tertiary/aromatic N) is 2. The number of rotatable bonds is 5. The highest BCUT2D eigenvalue weighted by molar-refractivity contribution is 6.30. The molecule has 0 bridgehead atoms. The maximum absolute atomic E-state index is 11.4. The van der Waals surface area contributed by atoms with Gasteiger partial charge in [0.2, 0.25) is 0 Å². The fourth-order valence-electron chi connectivity index (χ4n) is 2.59. The van der Waals surface area contributed by atoms with Gasteiger partial charge in [-0.1, -0.05) is 11.6 Å². The van der Waals surface area contributed by atoms with Crippen molar-refractivity contribution in [1.82, 2.24) is 9.97 Å². The Bertz CT molecular complexity index is 832. The third-order valence-corrected chi connectivity index (χ3v) is 4.13. The number of fused-ring (bicyclic) bond motifs is 1. The van der Waals surface area contributed by atoms with E-state index in [9.17, 15) is 4.79 Å². The van der Waals surface area contributed by atoms with E-state index in [1.807, 2.05) is 0 Å². The lowest BCUT2D eigenvalue weighted by Crippen LogP contribution is -2.49. The minimum atomic E-state index is -0.945. The number of carbonyl (C=O) groups excluding carboxylic acids is 1. The normalized spacial score (nSPS) is 18.2. The third kappa shape index (κ3) is 3.45. The second kappa shape index (κ2) is 7.25. The van der Waals surface area contributed by atoms with Gasteiger partial charge in [-0.25, -0.2) is 9.97 Å². The highest BCUT2D eigenvalue weighted by Crippen LogP contribution is 2.39. The number of aromatic nitrogens is 2. The Hall–Kier alpha value is -2.74. The quantitative estimate of drug-likeness (QED) is 0.792. The van der Waals surface area contributed by atoms with Crippen molar-refractivity contribution in [2.24, 2.45) is 0 Å². The topological polar surface area (TPSA) is 91.8 Å². The van der Waals surface area contributed by atoms with Crippen molar-refractivity contribution in [3.8, 4) is 17.5 Å². The summed E-state index contributed by atoms with van der Waals surface area (Å²) in [7, 11) is 2.94. The summed E-state index contributed by atoms with van der Waals surface area (Å²) < 4.78 is 21.5. The van der Waals surface area contributed by atoms with Gasteiger partial charge in [0, 0.05) is 18.0 Å². The van der Waals surface area contributed by atoms with E-state index in [0.717, 1.165) is 0 Å². The smallest absolute Gasteiger partial charge is 0.302 e. The summed E-state index contributed by atoms with van der Waals surface area (Å²) in [4.78, 5) is 20.1. The molecule has 2 heterocycles. The molecular weight excluding hydrogens is 362 g/mol. The van der Waals surface area contributed by atoms with Crippen LogP contribution in [0.25, 0.3) is 0 Å². The molecule has 0 amide bonds. The van der Waals surface area contributed by atoms with Gasteiger partial charge in [-0.3, -0.25) is 4.79 Å². The van der Waals surface area contributed by atoms with E-state index in [-0.39, 0.29) is 25.0 Å². The van der Waals surface area contributed by atoms with Crippen molar-refractivity contribution in [2.75, 3.05) is 32.8 Å². The maximum Gasteiger partial charge on any atom is 0.302 e. The number of anilines is 1. The predicted molar refractivity (Wildman–Crippen MR) is 94.0 cm³/mol. The molecule has 9 heteroatoms. The van der Waals surface area contributed by atoms with Gasteiger partial charge in [0.05, 0.1) is 31.8 Å². The second-order valence-electron chi connectivity index (χ2n) is 5.69. The molecule has 3 rings (SSSR count). The molecule has 0 fully saturated rings. The van der Waals surface area contributed by atoms with Gasteiger partial charge in [-0.15, -0.1) is 0 Å². The molecular formula is C17H18ClN3O5. The maximum atomic E-state index is 11.4. The third-order valence-electron chi connectivity index (χ3n) is 3.90. The Morgan fingerprint density at radius 2 is 2.12 bits per heavy atom. The summed E-state index contributed by atoms with van der Waals surface area (Å²) in [5.74, 6) is 0.657. The van der Waals surface area contributed by atoms with Gasteiger partial charge in [0.1, 0.15) is 19.0 Å². The first-order chi connectivity index (χ1) is 12.5. The van der Waals surface area contributed by atoms with Crippen LogP contribution in [0.1, 0.15) is 12.6 Å². The molecule has 1 atom stereocenters. The van der Waals surface area contributed by atoms with Crippen LogP contribution in [0.2, 0.25) is 5.02 Å². The molecule has 138 valence electrons. The first-order valence-electron chi connectivity index (χ1n) is 7.77. The molecule has 0 saturated carbocycles. The van der Waals surface area contributed by atoms with Gasteiger partial charge < -0.3 is 24.3 Å². The van der Waals surface area contributed by atoms with Crippen LogP contribution in [-0.2, 0) is 15.1 Å². The lowest BCUT2D eigenvalue weighted by atomic mass is 9.95. The van der Waals surface area contributed by atoms with E-state index in [4.69, 9.17) is 30.5 Å². The molecule has 0 spiro atoms. The molecule has 0 radical (unpaired) electrons. The molecule has 0 aliphatic carbocycles. The standard InChI is InChI=1S/C17H18ClN3O5/c1-10(22)25-8-17(14-7-19-15(23-2)16(20-14)24-3)9-26-13-6-11(18)4-5-12(13)21-17/h4-7,21H,8-9H2,1-3H3. The Morgan fingerprint density at radius 3 is 2.81 bits per heavy atom. The second-order valence-corrected chi connectivity index (χ2v) is 6.13. The van der Waals surface area contributed by atoms with E-state index < -0.39 is 11.5 Å². The van der Waals surface area contributed by atoms with Crippen LogP contribution in [0.4, 0.5) is 5.69 Å². The summed E-state index contributed by atoms with van der Waals surface area (Å²) in [6, 6.07) is 5.23. The molecule has 1 unspecified atom stereocenters. The van der Waals surface area contributed by atoms with Crippen molar-refractivity contribution in [1.29, 1.82) is 0 Å². The summed E-state index contributed by atoms with van der Waals surface area (Å²) >= 11 is 6.01. The molecule has 2 aromatic rings. The minimum Gasteiger partial charge on any atom is -0.488 e. The van der Waals surface area contributed by atoms with E-state index in [0.29, 0.717) is 22.2 Å². The van der Waals surface area contributed by atoms with Crippen LogP contribution in [0, 0.1) is 0 Å². The molecule has 1 aromatic heterocycles. The van der Waals surface area contributed by atoms with Gasteiger partial charge >= 0.3 is 5.97 Å². The van der Waals surface area contributed by atoms with Gasteiger partial charge in [0.25, 0.3) is 11.8 Å². The van der Waals surface area contributed by atoms with Crippen molar-refractivity contribution in [2.45, 2.75) is 12.5 Å². The zero-order valence-corrected chi connectivity index (χ0v) is 15.3. The molecule has 1 aliphatic rings. The van der Waals surface area contributed by atoms with Gasteiger partial charge in [-0.05, 0) is 12.1 Å². The minimum absolute atomic E-state index is 0.00539. The highest BCUT2D eigenvalue weighted by Gasteiger charge is 2.41. The number of methoxy groups -OCH3 is 2. The zero-order valence-electron chi connectivity index (χ0n) is 14.5. The SMILES string of the molecule is COc1ncc(C2(COC(C)=O)COc3cc(Cl)ccc3N2)nc1OC. The Kier molecular flexibility index (Phi) is 5.03. The average Bonchev–Trinajstić information content (AvgIpc) is 2.65.